The number of aryl methyl sites for hydroxylation is 2. The molecule has 2 aliphatic carbocycles. The van der Waals surface area contributed by atoms with Gasteiger partial charge in [-0.25, -0.2) is 13.1 Å². The molecule has 16 rings (SSSR count). The molecule has 544 valence electrons. The van der Waals surface area contributed by atoms with E-state index in [0.29, 0.717) is 19.6 Å². The fraction of sp³-hybridized carbons (Fsp3) is 0.455. The van der Waals surface area contributed by atoms with E-state index < -0.39 is 10.0 Å². The Labute approximate surface area is 612 Å². The lowest BCUT2D eigenvalue weighted by molar-refractivity contribution is -0.119. The highest BCUT2D eigenvalue weighted by molar-refractivity contribution is 7.88. The number of benzene rings is 5. The molecule has 4 atom stereocenters. The first-order chi connectivity index (χ1) is 48.8. The van der Waals surface area contributed by atoms with Crippen LogP contribution in [0.1, 0.15) is 131 Å². The van der Waals surface area contributed by atoms with Gasteiger partial charge in [-0.2, -0.15) is 15.3 Å². The van der Waals surface area contributed by atoms with Gasteiger partial charge in [0.05, 0.1) is 60.3 Å². The van der Waals surface area contributed by atoms with Crippen LogP contribution in [0.15, 0.2) is 116 Å². The van der Waals surface area contributed by atoms with E-state index in [1.807, 2.05) is 73.6 Å². The van der Waals surface area contributed by atoms with Crippen molar-refractivity contribution < 1.29 is 23.4 Å². The molecule has 3 aliphatic heterocycles. The molecule has 4 fully saturated rings. The Morgan fingerprint density at radius 1 is 0.549 bits per heavy atom. The number of anilines is 3. The molecule has 9 heterocycles. The average molecular weight is 1470 g/mol. The van der Waals surface area contributed by atoms with Gasteiger partial charge in [-0.3, -0.25) is 29.9 Å². The standard InChI is InChI=1S/C18H27N5O.C17H27N5O2S.C14H13ClN4.2C14H16ClNO/c1-13-9-16-15(11-20-21-16)17(10-13)22-7-8-23(18(3,4)12-22)6-5-19-14(2)24;1-13-9-15-14(11-18-20-15)16(10-13)21-7-8-22(17(2,3)12-21)6-5-19-25(4,23)24;15-10-5-12-11(1-3-16-12)14(6-10)19-4-2-9-7-17-18-13(9)8-19;2*15-9-7-12(10-5-6-16-13(10)8-9)11-3-1-2-4-14(11)17/h9-11H,5-8,12H2,1-4H3,(H,19,24)(H,20,21);9-11,19H,5-8,12H2,1-4H3,(H,18,20);1,3,5-7,16H,2,4,8H2,(H,17,18);2*5-8,11,14,16-17H,1-4H2/t;;;11-,14+;11-,14-/m...11/s1. The quantitative estimate of drug-likeness (QED) is 0.0546. The number of H-pyrrole nitrogens is 6. The van der Waals surface area contributed by atoms with Crippen molar-refractivity contribution in [3.05, 3.63) is 165 Å². The summed E-state index contributed by atoms with van der Waals surface area (Å²) in [7, 11) is -3.14. The summed E-state index contributed by atoms with van der Waals surface area (Å²) in [4.78, 5) is 32.7. The van der Waals surface area contributed by atoms with Gasteiger partial charge in [0, 0.05) is 196 Å². The normalized spacial score (nSPS) is 20.1. The summed E-state index contributed by atoms with van der Waals surface area (Å²) in [5, 5.41) is 53.1. The Hall–Kier alpha value is -7.64. The smallest absolute Gasteiger partial charge is 0.216 e. The highest BCUT2D eigenvalue weighted by Crippen LogP contribution is 2.41. The number of rotatable bonds is 12. The maximum Gasteiger partial charge on any atom is 0.216 e. The van der Waals surface area contributed by atoms with Crippen LogP contribution in [0.5, 0.6) is 0 Å². The van der Waals surface area contributed by atoms with Crippen LogP contribution in [0.3, 0.4) is 0 Å². The minimum atomic E-state index is -3.14. The Balaban J connectivity index is 0.000000121. The molecule has 11 aromatic rings. The Bertz CT molecular complexity index is 4690. The topological polar surface area (TPSA) is 265 Å². The lowest BCUT2D eigenvalue weighted by atomic mass is 9.80. The fourth-order valence-electron chi connectivity index (χ4n) is 15.9. The second kappa shape index (κ2) is 32.2. The van der Waals surface area contributed by atoms with Crippen molar-refractivity contribution in [1.82, 2.24) is 65.4 Å². The van der Waals surface area contributed by atoms with E-state index >= 15 is 0 Å². The Morgan fingerprint density at radius 3 is 1.48 bits per heavy atom. The van der Waals surface area contributed by atoms with Crippen molar-refractivity contribution in [2.45, 2.75) is 148 Å². The number of aliphatic hydroxyl groups excluding tert-OH is 2. The number of hydrogen-bond donors (Lipinski definition) is 10. The van der Waals surface area contributed by atoms with Gasteiger partial charge < -0.3 is 45.2 Å². The maximum absolute atomic E-state index is 11.3. The lowest BCUT2D eigenvalue weighted by Crippen LogP contribution is -2.60. The van der Waals surface area contributed by atoms with E-state index in [4.69, 9.17) is 34.8 Å². The molecule has 0 spiro atoms. The summed E-state index contributed by atoms with van der Waals surface area (Å²) >= 11 is 18.5. The Morgan fingerprint density at radius 2 is 1.00 bits per heavy atom. The minimum Gasteiger partial charge on any atom is -0.392 e. The number of carbonyl (C=O) groups is 1. The van der Waals surface area contributed by atoms with Crippen molar-refractivity contribution in [2.75, 3.05) is 92.9 Å². The molecule has 102 heavy (non-hydrogen) atoms. The number of aromatic nitrogens is 9. The number of sulfonamides is 1. The molecule has 21 nitrogen and oxygen atoms in total. The van der Waals surface area contributed by atoms with Crippen LogP contribution in [0.2, 0.25) is 15.1 Å². The van der Waals surface area contributed by atoms with E-state index in [1.54, 1.807) is 6.92 Å². The van der Waals surface area contributed by atoms with Crippen LogP contribution in [0, 0.1) is 13.8 Å². The largest absolute Gasteiger partial charge is 0.392 e. The number of nitrogens with one attached hydrogen (secondary N) is 8. The van der Waals surface area contributed by atoms with Gasteiger partial charge >= 0.3 is 0 Å². The molecule has 25 heteroatoms. The molecule has 10 N–H and O–H groups in total. The zero-order valence-electron chi connectivity index (χ0n) is 59.9. The second-order valence-electron chi connectivity index (χ2n) is 29.5. The molecule has 0 radical (unpaired) electrons. The lowest BCUT2D eigenvalue weighted by Gasteiger charge is -2.48. The Kier molecular flexibility index (Phi) is 23.4. The van der Waals surface area contributed by atoms with Crippen molar-refractivity contribution in [1.29, 1.82) is 0 Å². The summed E-state index contributed by atoms with van der Waals surface area (Å²) in [6, 6.07) is 26.9. The third-order valence-corrected chi connectivity index (χ3v) is 22.4. The highest BCUT2D eigenvalue weighted by Gasteiger charge is 2.36. The van der Waals surface area contributed by atoms with Gasteiger partial charge in [0.15, 0.2) is 0 Å². The number of halogens is 3. The van der Waals surface area contributed by atoms with E-state index in [-0.39, 0.29) is 41.0 Å². The fourth-order valence-corrected chi connectivity index (χ4v) is 17.0. The predicted octanol–water partition coefficient (Wildman–Crippen LogP) is 14.0. The van der Waals surface area contributed by atoms with E-state index in [1.165, 1.54) is 91.2 Å². The molecule has 2 saturated heterocycles. The molecule has 6 aromatic heterocycles. The third-order valence-electron chi connectivity index (χ3n) is 21.0. The van der Waals surface area contributed by atoms with Crippen LogP contribution in [0.25, 0.3) is 54.5 Å². The summed E-state index contributed by atoms with van der Waals surface area (Å²) in [6.45, 7) is 25.0. The monoisotopic (exact) mass is 1460 g/mol. The van der Waals surface area contributed by atoms with E-state index in [9.17, 15) is 23.4 Å². The molecule has 0 unspecified atom stereocenters. The number of piperazine rings is 2. The SMILES string of the molecule is CC(=O)NCCN1CCN(c2cc(C)cc3[nH]ncc23)CC1(C)C.Cc1cc(N2CCN(CCNS(C)(=O)=O)C(C)(C)C2)c2cn[nH]c2c1.Clc1cc(N2CCc3cn[nH]c3C2)c2cc[nH]c2c1.O[C@@H]1CCCC[C@@H]1c1cc(Cl)cc2[nH]ccc12.O[C@H]1CCCC[C@@H]1c1cc(Cl)cc2[nH]ccc12. The van der Waals surface area contributed by atoms with Crippen molar-refractivity contribution in [2.24, 2.45) is 0 Å². The summed E-state index contributed by atoms with van der Waals surface area (Å²) in [5.74, 6) is 0.509. The average Bonchev–Trinajstić information content (AvgIpc) is 1.15. The van der Waals surface area contributed by atoms with Crippen molar-refractivity contribution in [3.8, 4) is 0 Å². The summed E-state index contributed by atoms with van der Waals surface area (Å²) in [6.07, 6.45) is 21.9. The van der Waals surface area contributed by atoms with Crippen molar-refractivity contribution in [3.63, 3.8) is 0 Å². The van der Waals surface area contributed by atoms with Crippen LogP contribution in [0.4, 0.5) is 17.1 Å². The maximum atomic E-state index is 11.3. The van der Waals surface area contributed by atoms with Gasteiger partial charge in [0.2, 0.25) is 15.9 Å². The van der Waals surface area contributed by atoms with Crippen LogP contribution in [-0.4, -0.2) is 181 Å². The van der Waals surface area contributed by atoms with Crippen LogP contribution < -0.4 is 24.7 Å². The van der Waals surface area contributed by atoms with Crippen LogP contribution >= 0.6 is 34.8 Å². The second-order valence-corrected chi connectivity index (χ2v) is 32.7. The molecule has 0 bridgehead atoms. The van der Waals surface area contributed by atoms with Gasteiger partial charge in [0.25, 0.3) is 0 Å². The third kappa shape index (κ3) is 17.8. The molecule has 5 aliphatic rings. The molecule has 2 saturated carbocycles. The molecular weight excluding hydrogens is 1370 g/mol. The highest BCUT2D eigenvalue weighted by atomic mass is 35.5. The predicted molar refractivity (Wildman–Crippen MR) is 417 cm³/mol. The van der Waals surface area contributed by atoms with E-state index in [2.05, 4.69) is 164 Å². The van der Waals surface area contributed by atoms with Gasteiger partial charge in [-0.05, 0) is 180 Å². The number of aliphatic hydroxyl groups is 2. The zero-order valence-corrected chi connectivity index (χ0v) is 63.0. The van der Waals surface area contributed by atoms with Crippen molar-refractivity contribution >= 4 is 122 Å². The summed E-state index contributed by atoms with van der Waals surface area (Å²) < 4.78 is 25.1. The number of aromatic amines is 6. The number of amides is 1. The first kappa shape index (κ1) is 74.1. The van der Waals surface area contributed by atoms with Gasteiger partial charge in [-0.15, -0.1) is 0 Å². The number of carbonyl (C=O) groups excluding carboxylic acids is 1. The number of fused-ring (bicyclic) bond motifs is 6. The molecular formula is C77H99Cl3N16O5S. The first-order valence-electron chi connectivity index (χ1n) is 35.8. The first-order valence-corrected chi connectivity index (χ1v) is 38.9. The molecule has 5 aromatic carbocycles. The number of nitrogens with zero attached hydrogens (tertiary/aromatic N) is 8. The van der Waals surface area contributed by atoms with Crippen LogP contribution in [-0.2, 0) is 27.8 Å². The zero-order chi connectivity index (χ0) is 72.0. The van der Waals surface area contributed by atoms with E-state index in [0.717, 1.165) is 152 Å². The summed E-state index contributed by atoms with van der Waals surface area (Å²) in [5.41, 5.74) is 16.4. The number of hydrogen-bond acceptors (Lipinski definition) is 13. The molecule has 1 amide bonds. The van der Waals surface area contributed by atoms with Gasteiger partial charge in [0.1, 0.15) is 0 Å². The van der Waals surface area contributed by atoms with Gasteiger partial charge in [-0.1, -0.05) is 60.5 Å². The minimum absolute atomic E-state index is 0.0357.